The summed E-state index contributed by atoms with van der Waals surface area (Å²) in [6, 6.07) is 54.4. The molecule has 0 aliphatic heterocycles. The minimum absolute atomic E-state index is 0. The summed E-state index contributed by atoms with van der Waals surface area (Å²) in [5, 5.41) is 2.23. The first-order valence-electron chi connectivity index (χ1n) is 21.1. The average Bonchev–Trinajstić information content (AvgIpc) is 3.87. The van der Waals surface area contributed by atoms with Crippen molar-refractivity contribution in [2.75, 3.05) is 0 Å². The first kappa shape index (κ1) is 42.7. The maximum Gasteiger partial charge on any atom is 0.267 e. The minimum Gasteiger partial charge on any atom is -0.510 e. The number of imidazole rings is 1. The van der Waals surface area contributed by atoms with Gasteiger partial charge in [0, 0.05) is 56.7 Å². The molecule has 5 nitrogen and oxygen atoms in total. The van der Waals surface area contributed by atoms with Crippen molar-refractivity contribution < 1.29 is 30.4 Å². The van der Waals surface area contributed by atoms with Crippen LogP contribution in [0.2, 0.25) is 0 Å². The molecule has 0 unspecified atom stereocenters. The number of hydrogen-bond acceptors (Lipinski definition) is 2. The van der Waals surface area contributed by atoms with E-state index in [0.29, 0.717) is 11.5 Å². The first-order chi connectivity index (χ1) is 29.1. The molecule has 0 aliphatic rings. The monoisotopic (exact) mass is 991 g/mol. The van der Waals surface area contributed by atoms with Crippen molar-refractivity contribution >= 4 is 21.8 Å². The predicted octanol–water partition coefficient (Wildman–Crippen LogP) is 13.7. The quantitative estimate of drug-likeness (QED) is 0.118. The number of benzene rings is 6. The summed E-state index contributed by atoms with van der Waals surface area (Å²) in [5.74, 6) is 2.06. The van der Waals surface area contributed by atoms with E-state index in [0.717, 1.165) is 44.6 Å². The zero-order valence-corrected chi connectivity index (χ0v) is 39.2. The van der Waals surface area contributed by atoms with Crippen molar-refractivity contribution in [1.82, 2.24) is 14.1 Å². The van der Waals surface area contributed by atoms with Gasteiger partial charge in [-0.25, -0.2) is 4.98 Å². The number of hydrogen-bond donors (Lipinski definition) is 0. The van der Waals surface area contributed by atoms with E-state index in [9.17, 15) is 0 Å². The van der Waals surface area contributed by atoms with Crippen LogP contribution in [0.3, 0.4) is 0 Å². The van der Waals surface area contributed by atoms with Crippen LogP contribution in [0.15, 0.2) is 152 Å². The summed E-state index contributed by atoms with van der Waals surface area (Å²) in [4.78, 5) is 4.86. The Morgan fingerprint density at radius 1 is 0.581 bits per heavy atom. The van der Waals surface area contributed by atoms with Gasteiger partial charge in [-0.05, 0) is 91.0 Å². The van der Waals surface area contributed by atoms with Gasteiger partial charge in [0.2, 0.25) is 0 Å². The second kappa shape index (κ2) is 16.3. The summed E-state index contributed by atoms with van der Waals surface area (Å²) in [6.45, 7) is 20.2. The van der Waals surface area contributed by atoms with E-state index in [4.69, 9.17) is 9.72 Å². The van der Waals surface area contributed by atoms with Crippen LogP contribution in [0.4, 0.5) is 0 Å². The summed E-state index contributed by atoms with van der Waals surface area (Å²) in [6.07, 6.45) is 9.65. The number of ether oxygens (including phenoxy) is 1. The van der Waals surface area contributed by atoms with E-state index < -0.39 is 0 Å². The number of pyridine rings is 1. The normalized spacial score (nSPS) is 12.1. The Balaban J connectivity index is 0.00000529. The van der Waals surface area contributed by atoms with Crippen molar-refractivity contribution in [3.8, 4) is 50.9 Å². The average molecular weight is 992 g/mol. The molecule has 9 aromatic rings. The Hall–Kier alpha value is -6.03. The van der Waals surface area contributed by atoms with Gasteiger partial charge in [0.05, 0.1) is 5.69 Å². The van der Waals surface area contributed by atoms with Crippen LogP contribution in [-0.2, 0) is 37.3 Å². The number of aromatic nitrogens is 4. The molecule has 3 aromatic heterocycles. The van der Waals surface area contributed by atoms with Gasteiger partial charge in [0.1, 0.15) is 5.82 Å². The number of fused-ring (bicyclic) bond motifs is 3. The van der Waals surface area contributed by atoms with E-state index in [1.807, 2.05) is 23.0 Å². The van der Waals surface area contributed by atoms with E-state index in [2.05, 4.69) is 223 Å². The minimum atomic E-state index is -0.160. The van der Waals surface area contributed by atoms with Crippen LogP contribution >= 0.6 is 0 Å². The fraction of sp³-hybridized carbons (Fsp3) is 0.214. The van der Waals surface area contributed by atoms with Crippen molar-refractivity contribution in [2.45, 2.75) is 78.6 Å². The molecule has 3 heterocycles. The third-order valence-electron chi connectivity index (χ3n) is 11.5. The third kappa shape index (κ3) is 8.31. The molecule has 314 valence electrons. The topological polar surface area (TPSA) is 35.9 Å². The molecule has 0 saturated heterocycles. The Morgan fingerprint density at radius 2 is 1.21 bits per heavy atom. The predicted molar refractivity (Wildman–Crippen MR) is 249 cm³/mol. The van der Waals surface area contributed by atoms with E-state index >= 15 is 0 Å². The van der Waals surface area contributed by atoms with E-state index in [1.54, 1.807) is 0 Å². The fourth-order valence-corrected chi connectivity index (χ4v) is 8.30. The van der Waals surface area contributed by atoms with Gasteiger partial charge in [-0.1, -0.05) is 147 Å². The molecule has 0 radical (unpaired) electrons. The van der Waals surface area contributed by atoms with Crippen LogP contribution < -0.4 is 9.30 Å². The molecule has 0 bridgehead atoms. The Morgan fingerprint density at radius 3 is 1.84 bits per heavy atom. The third-order valence-corrected chi connectivity index (χ3v) is 11.5. The summed E-state index contributed by atoms with van der Waals surface area (Å²) in [7, 11) is 0. The molecule has 0 spiro atoms. The van der Waals surface area contributed by atoms with Gasteiger partial charge in [0.15, 0.2) is 0 Å². The zero-order valence-electron chi connectivity index (χ0n) is 36.9. The van der Waals surface area contributed by atoms with Crippen LogP contribution in [0.1, 0.15) is 79.0 Å². The van der Waals surface area contributed by atoms with Gasteiger partial charge in [-0.3, -0.25) is 4.57 Å². The summed E-state index contributed by atoms with van der Waals surface area (Å²) < 4.78 is 13.0. The maximum absolute atomic E-state index is 6.74. The molecule has 6 heteroatoms. The van der Waals surface area contributed by atoms with Crippen molar-refractivity contribution in [1.29, 1.82) is 0 Å². The summed E-state index contributed by atoms with van der Waals surface area (Å²) in [5.41, 5.74) is 12.0. The largest absolute Gasteiger partial charge is 0.510 e. The molecule has 0 fully saturated rings. The molecular formula is C56H52N4OPt-2. The zero-order chi connectivity index (χ0) is 42.7. The van der Waals surface area contributed by atoms with Crippen molar-refractivity contribution in [2.24, 2.45) is 0 Å². The molecule has 0 saturated carbocycles. The van der Waals surface area contributed by atoms with Crippen molar-refractivity contribution in [3.63, 3.8) is 0 Å². The van der Waals surface area contributed by atoms with Crippen LogP contribution in [0.5, 0.6) is 11.5 Å². The van der Waals surface area contributed by atoms with Gasteiger partial charge in [-0.2, -0.15) is 17.7 Å². The SMILES string of the molecule is CC(C)(C)c1cc(Oc2[c-]c3c(cc2)c2ccccc2n3-c2cc(C(C)(C)C)ccn2)[c-]c(-n2[c-][n+](-c3cc(-c4ccccc4)c(C(C)(C)C)c(-c4ccccc4)c3)cc2)c1.[Pt]. The maximum atomic E-state index is 6.74. The second-order valence-electron chi connectivity index (χ2n) is 19.1. The van der Waals surface area contributed by atoms with Gasteiger partial charge in [-0.15, -0.1) is 29.7 Å². The molecule has 9 rings (SSSR count). The number of para-hydroxylation sites is 1. The molecule has 0 N–H and O–H groups in total. The molecule has 0 amide bonds. The van der Waals surface area contributed by atoms with Crippen molar-refractivity contribution in [3.05, 3.63) is 187 Å². The Kier molecular flexibility index (Phi) is 11.2. The molecule has 6 aromatic carbocycles. The molecule has 0 aliphatic carbocycles. The van der Waals surface area contributed by atoms with E-state index in [-0.39, 0.29) is 37.3 Å². The standard InChI is InChI=1S/C56H52N4O.Pt/c1-54(2,3)40-26-27-57-52(32-40)60-50-23-17-16-22-46(50)47-25-24-44(36-51(47)60)61-45-31-41(55(4,5)6)30-42(33-45)58-28-29-59(37-58)43-34-48(38-18-12-10-13-19-38)53(56(7,8)9)49(35-43)39-20-14-11-15-21-39;/h10-32,34-35H,1-9H3;/q-2;. The number of rotatable bonds is 7. The molecular weight excluding hydrogens is 940 g/mol. The smallest absolute Gasteiger partial charge is 0.267 e. The second-order valence-corrected chi connectivity index (χ2v) is 19.1. The van der Waals surface area contributed by atoms with E-state index in [1.165, 1.54) is 33.4 Å². The van der Waals surface area contributed by atoms with Gasteiger partial charge in [0.25, 0.3) is 6.33 Å². The molecule has 62 heavy (non-hydrogen) atoms. The first-order valence-corrected chi connectivity index (χ1v) is 21.1. The van der Waals surface area contributed by atoms with Crippen LogP contribution in [0, 0.1) is 18.5 Å². The Bertz CT molecular complexity index is 2990. The molecule has 0 atom stereocenters. The Labute approximate surface area is 381 Å². The fourth-order valence-electron chi connectivity index (χ4n) is 8.30. The van der Waals surface area contributed by atoms with Crippen LogP contribution in [-0.4, -0.2) is 14.1 Å². The van der Waals surface area contributed by atoms with Crippen LogP contribution in [0.25, 0.3) is 61.3 Å². The summed E-state index contributed by atoms with van der Waals surface area (Å²) >= 11 is 0. The van der Waals surface area contributed by atoms with Gasteiger partial charge < -0.3 is 13.9 Å². The number of nitrogens with zero attached hydrogens (tertiary/aromatic N) is 4. The van der Waals surface area contributed by atoms with Gasteiger partial charge >= 0.3 is 0 Å².